The van der Waals surface area contributed by atoms with Crippen LogP contribution >= 0.6 is 0 Å². The van der Waals surface area contributed by atoms with E-state index < -0.39 is 0 Å². The normalized spacial score (nSPS) is 23.6. The van der Waals surface area contributed by atoms with Crippen LogP contribution in [-0.4, -0.2) is 6.61 Å². The monoisotopic (exact) mass is 510 g/mol. The fourth-order valence-corrected chi connectivity index (χ4v) is 6.45. The molecule has 2 aliphatic carbocycles. The smallest absolute Gasteiger partial charge is 0.119 e. The summed E-state index contributed by atoms with van der Waals surface area (Å²) < 4.78 is 5.88. The van der Waals surface area contributed by atoms with Gasteiger partial charge < -0.3 is 4.74 Å². The summed E-state index contributed by atoms with van der Waals surface area (Å²) in [6.45, 7) is 5.37. The molecule has 0 radical (unpaired) electrons. The van der Waals surface area contributed by atoms with Gasteiger partial charge in [0, 0.05) is 5.56 Å². The third kappa shape index (κ3) is 9.08. The molecule has 2 aliphatic rings. The molecule has 0 amide bonds. The van der Waals surface area contributed by atoms with Gasteiger partial charge in [-0.2, -0.15) is 0 Å². The maximum Gasteiger partial charge on any atom is 0.119 e. The fourth-order valence-electron chi connectivity index (χ4n) is 6.45. The topological polar surface area (TPSA) is 9.23 Å². The van der Waals surface area contributed by atoms with E-state index in [4.69, 9.17) is 4.74 Å². The molecule has 0 bridgehead atoms. The van der Waals surface area contributed by atoms with Crippen molar-refractivity contribution in [3.63, 3.8) is 0 Å². The van der Waals surface area contributed by atoms with Crippen molar-refractivity contribution in [2.75, 3.05) is 6.61 Å². The Kier molecular flexibility index (Phi) is 11.9. The largest absolute Gasteiger partial charge is 0.494 e. The van der Waals surface area contributed by atoms with Gasteiger partial charge in [-0.25, -0.2) is 0 Å². The first kappa shape index (κ1) is 28.5. The lowest BCUT2D eigenvalue weighted by Gasteiger charge is -2.28. The summed E-state index contributed by atoms with van der Waals surface area (Å²) in [6, 6.07) is 18.0. The molecule has 2 aromatic rings. The zero-order valence-electron chi connectivity index (χ0n) is 24.1. The van der Waals surface area contributed by atoms with Crippen LogP contribution in [0.5, 0.6) is 5.75 Å². The molecule has 2 fully saturated rings. The second-order valence-electron chi connectivity index (χ2n) is 11.8. The predicted octanol–water partition coefficient (Wildman–Crippen LogP) is 10.6. The van der Waals surface area contributed by atoms with Crippen LogP contribution in [0.15, 0.2) is 60.7 Å². The minimum absolute atomic E-state index is 0.663. The van der Waals surface area contributed by atoms with Gasteiger partial charge in [-0.05, 0) is 123 Å². The third-order valence-corrected chi connectivity index (χ3v) is 9.00. The molecule has 1 nitrogen and oxygen atoms in total. The minimum Gasteiger partial charge on any atom is -0.494 e. The molecule has 38 heavy (non-hydrogen) atoms. The standard InChI is InChI=1S/C37H50O/c1-3-5-9-29-38-37-27-25-36(26-28-37)35-23-17-32(18-24-35)12-8-7-11-31-15-21-34(22-16-31)33-19-13-30(14-20-33)10-6-4-2/h8,12,15-16,21-22,25-28,30,32-33,35H,3-6,9-10,13-14,17-20,23-24,29H2,1-2H3. The van der Waals surface area contributed by atoms with Crippen molar-refractivity contribution in [1.29, 1.82) is 0 Å². The van der Waals surface area contributed by atoms with Crippen molar-refractivity contribution >= 4 is 0 Å². The number of hydrogen-bond donors (Lipinski definition) is 0. The van der Waals surface area contributed by atoms with E-state index in [0.717, 1.165) is 36.2 Å². The second kappa shape index (κ2) is 15.8. The first-order valence-corrected chi connectivity index (χ1v) is 15.8. The average molecular weight is 511 g/mol. The number of rotatable bonds is 11. The molecule has 2 saturated carbocycles. The van der Waals surface area contributed by atoms with Gasteiger partial charge in [-0.3, -0.25) is 0 Å². The summed E-state index contributed by atoms with van der Waals surface area (Å²) in [5.74, 6) is 10.8. The SMILES string of the molecule is CCCCCOc1ccc(C2CCC(C=CC#Cc3ccc(C4CCC(CCCC)CC4)cc3)CC2)cc1. The molecule has 0 aromatic heterocycles. The highest BCUT2D eigenvalue weighted by molar-refractivity contribution is 5.39. The molecular formula is C37H50O. The maximum absolute atomic E-state index is 5.88. The number of allylic oxidation sites excluding steroid dienone is 2. The van der Waals surface area contributed by atoms with E-state index in [0.29, 0.717) is 11.8 Å². The maximum atomic E-state index is 5.88. The van der Waals surface area contributed by atoms with Gasteiger partial charge in [0.15, 0.2) is 0 Å². The Morgan fingerprint density at radius 3 is 1.95 bits per heavy atom. The highest BCUT2D eigenvalue weighted by Gasteiger charge is 2.22. The van der Waals surface area contributed by atoms with Crippen LogP contribution in [-0.2, 0) is 0 Å². The molecule has 0 unspecified atom stereocenters. The van der Waals surface area contributed by atoms with Crippen LogP contribution in [0.1, 0.15) is 132 Å². The molecule has 4 rings (SSSR count). The number of unbranched alkanes of at least 4 members (excludes halogenated alkanes) is 3. The molecular weight excluding hydrogens is 460 g/mol. The molecule has 204 valence electrons. The third-order valence-electron chi connectivity index (χ3n) is 9.00. The van der Waals surface area contributed by atoms with Crippen molar-refractivity contribution in [2.24, 2.45) is 11.8 Å². The van der Waals surface area contributed by atoms with E-state index in [-0.39, 0.29) is 0 Å². The van der Waals surface area contributed by atoms with E-state index in [1.165, 1.54) is 94.6 Å². The Labute approximate surface area is 233 Å². The van der Waals surface area contributed by atoms with Crippen molar-refractivity contribution in [2.45, 2.75) is 116 Å². The molecule has 2 aromatic carbocycles. The molecule has 0 N–H and O–H groups in total. The number of ether oxygens (including phenoxy) is 1. The summed E-state index contributed by atoms with van der Waals surface area (Å²) >= 11 is 0. The summed E-state index contributed by atoms with van der Waals surface area (Å²) in [6.07, 6.45) is 22.9. The van der Waals surface area contributed by atoms with Crippen molar-refractivity contribution in [3.05, 3.63) is 77.4 Å². The van der Waals surface area contributed by atoms with Crippen molar-refractivity contribution < 1.29 is 4.74 Å². The molecule has 1 heteroatoms. The molecule has 0 aliphatic heterocycles. The van der Waals surface area contributed by atoms with Gasteiger partial charge in [-0.1, -0.05) is 88.1 Å². The van der Waals surface area contributed by atoms with Gasteiger partial charge in [0.25, 0.3) is 0 Å². The Hall–Kier alpha value is -2.46. The van der Waals surface area contributed by atoms with E-state index in [1.54, 1.807) is 0 Å². The van der Waals surface area contributed by atoms with Crippen LogP contribution in [0.25, 0.3) is 0 Å². The van der Waals surface area contributed by atoms with E-state index in [2.05, 4.69) is 86.4 Å². The lowest BCUT2D eigenvalue weighted by molar-refractivity contribution is 0.304. The molecule has 0 atom stereocenters. The minimum atomic E-state index is 0.663. The van der Waals surface area contributed by atoms with E-state index >= 15 is 0 Å². The van der Waals surface area contributed by atoms with Gasteiger partial charge >= 0.3 is 0 Å². The molecule has 0 saturated heterocycles. The first-order valence-electron chi connectivity index (χ1n) is 15.8. The predicted molar refractivity (Wildman–Crippen MR) is 163 cm³/mol. The molecule has 0 heterocycles. The average Bonchev–Trinajstić information content (AvgIpc) is 2.98. The van der Waals surface area contributed by atoms with Crippen molar-refractivity contribution in [1.82, 2.24) is 0 Å². The van der Waals surface area contributed by atoms with Crippen LogP contribution in [0.2, 0.25) is 0 Å². The lowest BCUT2D eigenvalue weighted by atomic mass is 9.77. The molecule has 0 spiro atoms. The zero-order valence-corrected chi connectivity index (χ0v) is 24.1. The van der Waals surface area contributed by atoms with Crippen LogP contribution in [0, 0.1) is 23.7 Å². The Bertz CT molecular complexity index is 1000. The first-order chi connectivity index (χ1) is 18.7. The highest BCUT2D eigenvalue weighted by Crippen LogP contribution is 2.38. The summed E-state index contributed by atoms with van der Waals surface area (Å²) in [4.78, 5) is 0. The summed E-state index contributed by atoms with van der Waals surface area (Å²) in [7, 11) is 0. The fraction of sp³-hybridized carbons (Fsp3) is 0.568. The summed E-state index contributed by atoms with van der Waals surface area (Å²) in [5.41, 5.74) is 4.13. The van der Waals surface area contributed by atoms with Gasteiger partial charge in [-0.15, -0.1) is 0 Å². The number of hydrogen-bond acceptors (Lipinski definition) is 1. The second-order valence-corrected chi connectivity index (χ2v) is 11.8. The van der Waals surface area contributed by atoms with E-state index in [1.807, 2.05) is 0 Å². The Morgan fingerprint density at radius 1 is 0.711 bits per heavy atom. The lowest BCUT2D eigenvalue weighted by Crippen LogP contribution is -2.13. The van der Waals surface area contributed by atoms with Gasteiger partial charge in [0.1, 0.15) is 5.75 Å². The Balaban J connectivity index is 1.17. The van der Waals surface area contributed by atoms with E-state index in [9.17, 15) is 0 Å². The van der Waals surface area contributed by atoms with Gasteiger partial charge in [0.2, 0.25) is 0 Å². The number of benzene rings is 2. The van der Waals surface area contributed by atoms with Crippen LogP contribution in [0.4, 0.5) is 0 Å². The summed E-state index contributed by atoms with van der Waals surface area (Å²) in [5, 5.41) is 0. The Morgan fingerprint density at radius 2 is 1.32 bits per heavy atom. The van der Waals surface area contributed by atoms with Crippen molar-refractivity contribution in [3.8, 4) is 17.6 Å². The van der Waals surface area contributed by atoms with Gasteiger partial charge in [0.05, 0.1) is 6.61 Å². The van der Waals surface area contributed by atoms with Crippen LogP contribution in [0.3, 0.4) is 0 Å². The quantitative estimate of drug-likeness (QED) is 0.216. The van der Waals surface area contributed by atoms with Crippen LogP contribution < -0.4 is 4.74 Å². The highest BCUT2D eigenvalue weighted by atomic mass is 16.5. The zero-order chi connectivity index (χ0) is 26.4.